The van der Waals surface area contributed by atoms with Gasteiger partial charge >= 0.3 is 0 Å². The molecule has 156 valence electrons. The number of ether oxygens (including phenoxy) is 4. The Hall–Kier alpha value is -1.25. The Morgan fingerprint density at radius 1 is 1.25 bits per heavy atom. The zero-order valence-corrected chi connectivity index (χ0v) is 17.6. The summed E-state index contributed by atoms with van der Waals surface area (Å²) < 4.78 is 49.4. The van der Waals surface area contributed by atoms with Crippen molar-refractivity contribution in [3.8, 4) is 0 Å². The fraction of sp³-hybridized carbons (Fsp3) is 0.619. The first-order valence-electron chi connectivity index (χ1n) is 9.64. The standard InChI is InChI=1S/C21H30O6S/c1-5-9-18-17(14-28(22,23)16-10-7-6-8-11-16)20(24-4)19(26-18)12-15-13-25-21(2,3)27-15/h5-8,10-11,15,17-20H,1,9,12-14H2,2-4H3/t15-,17?,18-,19?,20+/m0/s1. The predicted octanol–water partition coefficient (Wildman–Crippen LogP) is 2.98. The van der Waals surface area contributed by atoms with Crippen LogP contribution >= 0.6 is 0 Å². The average molecular weight is 411 g/mol. The summed E-state index contributed by atoms with van der Waals surface area (Å²) in [6.45, 7) is 8.05. The van der Waals surface area contributed by atoms with Crippen molar-refractivity contribution in [1.82, 2.24) is 0 Å². The van der Waals surface area contributed by atoms with E-state index in [0.29, 0.717) is 24.3 Å². The minimum atomic E-state index is -3.46. The second-order valence-corrected chi connectivity index (χ2v) is 9.92. The molecule has 6 nitrogen and oxygen atoms in total. The van der Waals surface area contributed by atoms with E-state index in [1.165, 1.54) is 0 Å². The van der Waals surface area contributed by atoms with Crippen molar-refractivity contribution < 1.29 is 27.4 Å². The number of rotatable bonds is 8. The summed E-state index contributed by atoms with van der Waals surface area (Å²) in [6.07, 6.45) is 1.97. The van der Waals surface area contributed by atoms with E-state index in [-0.39, 0.29) is 36.1 Å². The summed E-state index contributed by atoms with van der Waals surface area (Å²) in [7, 11) is -1.85. The minimum absolute atomic E-state index is 0.0297. The molecule has 2 saturated heterocycles. The Bertz CT molecular complexity index is 760. The number of methoxy groups -OCH3 is 1. The van der Waals surface area contributed by atoms with Gasteiger partial charge in [0.15, 0.2) is 15.6 Å². The minimum Gasteiger partial charge on any atom is -0.378 e. The van der Waals surface area contributed by atoms with Crippen molar-refractivity contribution in [3.05, 3.63) is 43.0 Å². The van der Waals surface area contributed by atoms with Crippen LogP contribution in [0, 0.1) is 5.92 Å². The van der Waals surface area contributed by atoms with Crippen LogP contribution < -0.4 is 0 Å². The molecule has 0 bridgehead atoms. The highest BCUT2D eigenvalue weighted by atomic mass is 32.2. The van der Waals surface area contributed by atoms with Crippen molar-refractivity contribution >= 4 is 9.84 Å². The molecule has 0 amide bonds. The summed E-state index contributed by atoms with van der Waals surface area (Å²) in [4.78, 5) is 0.319. The van der Waals surface area contributed by atoms with E-state index in [2.05, 4.69) is 6.58 Å². The SMILES string of the molecule is C=CC[C@@H]1OC(C[C@H]2COC(C)(C)O2)[C@H](OC)C1CS(=O)(=O)c1ccccc1. The largest absolute Gasteiger partial charge is 0.378 e. The van der Waals surface area contributed by atoms with Gasteiger partial charge in [0, 0.05) is 19.4 Å². The zero-order valence-electron chi connectivity index (χ0n) is 16.7. The molecule has 1 aromatic carbocycles. The molecule has 3 rings (SSSR count). The van der Waals surface area contributed by atoms with Gasteiger partial charge in [-0.1, -0.05) is 24.3 Å². The predicted molar refractivity (Wildman–Crippen MR) is 106 cm³/mol. The summed E-state index contributed by atoms with van der Waals surface area (Å²) in [5.74, 6) is -0.922. The third-order valence-electron chi connectivity index (χ3n) is 5.36. The summed E-state index contributed by atoms with van der Waals surface area (Å²) >= 11 is 0. The van der Waals surface area contributed by atoms with Gasteiger partial charge in [0.2, 0.25) is 0 Å². The highest BCUT2D eigenvalue weighted by Crippen LogP contribution is 2.37. The Kier molecular flexibility index (Phi) is 6.61. The summed E-state index contributed by atoms with van der Waals surface area (Å²) in [6, 6.07) is 8.51. The maximum atomic E-state index is 13.0. The van der Waals surface area contributed by atoms with Crippen molar-refractivity contribution in [2.24, 2.45) is 5.92 Å². The summed E-state index contributed by atoms with van der Waals surface area (Å²) in [5.41, 5.74) is 0. The highest BCUT2D eigenvalue weighted by Gasteiger charge is 2.48. The van der Waals surface area contributed by atoms with Crippen LogP contribution in [0.1, 0.15) is 26.7 Å². The Morgan fingerprint density at radius 2 is 1.96 bits per heavy atom. The van der Waals surface area contributed by atoms with Crippen LogP contribution in [-0.2, 0) is 28.8 Å². The molecule has 7 heteroatoms. The van der Waals surface area contributed by atoms with Gasteiger partial charge in [-0.05, 0) is 32.4 Å². The molecule has 2 aliphatic rings. The second kappa shape index (κ2) is 8.63. The number of hydrogen-bond donors (Lipinski definition) is 0. The molecule has 0 radical (unpaired) electrons. The van der Waals surface area contributed by atoms with Gasteiger partial charge in [-0.25, -0.2) is 8.42 Å². The smallest absolute Gasteiger partial charge is 0.178 e. The fourth-order valence-electron chi connectivity index (χ4n) is 4.12. The molecule has 2 heterocycles. The molecule has 2 fully saturated rings. The average Bonchev–Trinajstić information content (AvgIpc) is 3.15. The number of sulfone groups is 1. The molecule has 1 aromatic rings. The first-order chi connectivity index (χ1) is 13.3. The van der Waals surface area contributed by atoms with Gasteiger partial charge in [0.05, 0.1) is 41.7 Å². The van der Waals surface area contributed by atoms with E-state index in [9.17, 15) is 8.42 Å². The van der Waals surface area contributed by atoms with Crippen LogP contribution in [0.3, 0.4) is 0 Å². The first kappa shape index (κ1) is 21.5. The molecule has 0 saturated carbocycles. The quantitative estimate of drug-likeness (QED) is 0.614. The van der Waals surface area contributed by atoms with E-state index in [4.69, 9.17) is 18.9 Å². The maximum Gasteiger partial charge on any atom is 0.178 e. The monoisotopic (exact) mass is 410 g/mol. The molecular formula is C21H30O6S. The molecule has 2 unspecified atom stereocenters. The molecule has 0 N–H and O–H groups in total. The van der Waals surface area contributed by atoms with Crippen LogP contribution in [0.25, 0.3) is 0 Å². The van der Waals surface area contributed by atoms with Crippen LogP contribution in [0.2, 0.25) is 0 Å². The van der Waals surface area contributed by atoms with Crippen molar-refractivity contribution in [2.45, 2.75) is 61.8 Å². The Balaban J connectivity index is 1.77. The molecule has 28 heavy (non-hydrogen) atoms. The van der Waals surface area contributed by atoms with Gasteiger partial charge < -0.3 is 18.9 Å². The molecular weight excluding hydrogens is 380 g/mol. The lowest BCUT2D eigenvalue weighted by molar-refractivity contribution is -0.144. The molecule has 2 aliphatic heterocycles. The fourth-order valence-corrected chi connectivity index (χ4v) is 5.79. The topological polar surface area (TPSA) is 71.1 Å². The van der Waals surface area contributed by atoms with E-state index in [1.807, 2.05) is 13.8 Å². The van der Waals surface area contributed by atoms with E-state index in [0.717, 1.165) is 0 Å². The van der Waals surface area contributed by atoms with Gasteiger partial charge in [0.1, 0.15) is 0 Å². The third kappa shape index (κ3) is 4.83. The zero-order chi connectivity index (χ0) is 20.4. The second-order valence-electron chi connectivity index (χ2n) is 7.88. The van der Waals surface area contributed by atoms with Crippen LogP contribution in [-0.4, -0.2) is 58.1 Å². The number of benzene rings is 1. The van der Waals surface area contributed by atoms with Crippen molar-refractivity contribution in [2.75, 3.05) is 19.5 Å². The van der Waals surface area contributed by atoms with Crippen LogP contribution in [0.5, 0.6) is 0 Å². The van der Waals surface area contributed by atoms with E-state index >= 15 is 0 Å². The highest BCUT2D eigenvalue weighted by molar-refractivity contribution is 7.91. The van der Waals surface area contributed by atoms with E-state index < -0.39 is 15.6 Å². The van der Waals surface area contributed by atoms with E-state index in [1.54, 1.807) is 43.5 Å². The lowest BCUT2D eigenvalue weighted by Crippen LogP contribution is -2.36. The van der Waals surface area contributed by atoms with Gasteiger partial charge in [-0.15, -0.1) is 6.58 Å². The van der Waals surface area contributed by atoms with Gasteiger partial charge in [-0.2, -0.15) is 0 Å². The summed E-state index contributed by atoms with van der Waals surface area (Å²) in [5, 5.41) is 0. The lowest BCUT2D eigenvalue weighted by Gasteiger charge is -2.24. The molecule has 0 spiro atoms. The molecule has 5 atom stereocenters. The normalized spacial score (nSPS) is 32.5. The molecule has 0 aromatic heterocycles. The van der Waals surface area contributed by atoms with Gasteiger partial charge in [0.25, 0.3) is 0 Å². The third-order valence-corrected chi connectivity index (χ3v) is 7.18. The molecule has 0 aliphatic carbocycles. The Morgan fingerprint density at radius 3 is 2.54 bits per heavy atom. The van der Waals surface area contributed by atoms with Crippen molar-refractivity contribution in [1.29, 1.82) is 0 Å². The van der Waals surface area contributed by atoms with Gasteiger partial charge in [-0.3, -0.25) is 0 Å². The Labute approximate surface area is 167 Å². The lowest BCUT2D eigenvalue weighted by atomic mass is 9.94. The van der Waals surface area contributed by atoms with Crippen LogP contribution in [0.15, 0.2) is 47.9 Å². The van der Waals surface area contributed by atoms with Crippen LogP contribution in [0.4, 0.5) is 0 Å². The first-order valence-corrected chi connectivity index (χ1v) is 11.3. The number of hydrogen-bond acceptors (Lipinski definition) is 6. The maximum absolute atomic E-state index is 13.0. The van der Waals surface area contributed by atoms with Crippen molar-refractivity contribution in [3.63, 3.8) is 0 Å².